The number of hydrogen-bond acceptors (Lipinski definition) is 6. The molecule has 0 bridgehead atoms. The maximum absolute atomic E-state index is 10.9. The molecule has 6 nitrogen and oxygen atoms in total. The lowest BCUT2D eigenvalue weighted by atomic mass is 10.2. The van der Waals surface area contributed by atoms with Crippen molar-refractivity contribution < 1.29 is 19.2 Å². The predicted molar refractivity (Wildman–Crippen MR) is 92.5 cm³/mol. The van der Waals surface area contributed by atoms with Crippen LogP contribution in [0, 0.1) is 5.92 Å². The van der Waals surface area contributed by atoms with Crippen molar-refractivity contribution in [1.29, 1.82) is 0 Å². The average Bonchev–Trinajstić information content (AvgIpc) is 2.38. The van der Waals surface area contributed by atoms with Crippen LogP contribution >= 0.6 is 0 Å². The third kappa shape index (κ3) is 50.9. The van der Waals surface area contributed by atoms with Gasteiger partial charge in [-0.25, -0.2) is 5.90 Å². The Morgan fingerprint density at radius 1 is 1.27 bits per heavy atom. The summed E-state index contributed by atoms with van der Waals surface area (Å²) in [5, 5.41) is 3.07. The van der Waals surface area contributed by atoms with Crippen molar-refractivity contribution >= 4 is 12.3 Å². The average molecular weight is 322 g/mol. The minimum atomic E-state index is -0.425. The fourth-order valence-electron chi connectivity index (χ4n) is 0.943. The Hall–Kier alpha value is -0.980. The van der Waals surface area contributed by atoms with Gasteiger partial charge in [0.05, 0.1) is 13.0 Å². The summed E-state index contributed by atoms with van der Waals surface area (Å²) in [5.74, 6) is 5.23. The van der Waals surface area contributed by atoms with E-state index in [1.54, 1.807) is 0 Å². The Balaban J connectivity index is -0.000000124. The Morgan fingerprint density at radius 2 is 1.68 bits per heavy atom. The number of carbonyl (C=O) groups excluding carboxylic acids is 2. The summed E-state index contributed by atoms with van der Waals surface area (Å²) in [5.41, 5.74) is -0.425. The van der Waals surface area contributed by atoms with E-state index in [0.717, 1.165) is 18.7 Å². The van der Waals surface area contributed by atoms with E-state index in [-0.39, 0.29) is 19.0 Å². The normalized spacial score (nSPS) is 9.23. The molecule has 0 aliphatic carbocycles. The molecule has 0 aromatic heterocycles. The monoisotopic (exact) mass is 322 g/mol. The molecule has 6 heteroatoms. The molecular formula is C16H38N2O4. The third-order valence-corrected chi connectivity index (χ3v) is 1.46. The maximum atomic E-state index is 10.9. The van der Waals surface area contributed by atoms with Gasteiger partial charge in [-0.15, -0.1) is 0 Å². The number of nitrogens with two attached hydrogens (primary N) is 1. The summed E-state index contributed by atoms with van der Waals surface area (Å²) < 4.78 is 4.97. The highest BCUT2D eigenvalue weighted by atomic mass is 16.6. The fraction of sp³-hybridized carbons (Fsp3) is 0.875. The second-order valence-electron chi connectivity index (χ2n) is 5.39. The van der Waals surface area contributed by atoms with Crippen LogP contribution in [-0.2, 0) is 19.2 Å². The lowest BCUT2D eigenvalue weighted by Crippen LogP contribution is -2.24. The SMILES string of the molecule is CC.CC(C)(C)OC(=O)CCON.CC=O.CNCC(C)C. The number of rotatable bonds is 5. The molecule has 0 heterocycles. The molecule has 0 aromatic carbocycles. The van der Waals surface area contributed by atoms with Gasteiger partial charge in [-0.2, -0.15) is 0 Å². The maximum Gasteiger partial charge on any atom is 0.308 e. The molecule has 0 spiro atoms. The molecule has 0 radical (unpaired) electrons. The van der Waals surface area contributed by atoms with Crippen molar-refractivity contribution in [3.8, 4) is 0 Å². The smallest absolute Gasteiger partial charge is 0.308 e. The predicted octanol–water partition coefficient (Wildman–Crippen LogP) is 2.70. The van der Waals surface area contributed by atoms with Gasteiger partial charge in [-0.3, -0.25) is 4.79 Å². The number of ether oxygens (including phenoxy) is 1. The van der Waals surface area contributed by atoms with Gasteiger partial charge in [0.25, 0.3) is 0 Å². The van der Waals surface area contributed by atoms with Crippen LogP contribution in [0.3, 0.4) is 0 Å². The second-order valence-corrected chi connectivity index (χ2v) is 5.39. The highest BCUT2D eigenvalue weighted by Crippen LogP contribution is 2.07. The van der Waals surface area contributed by atoms with Gasteiger partial charge in [0.1, 0.15) is 11.9 Å². The number of esters is 1. The molecule has 0 saturated heterocycles. The van der Waals surface area contributed by atoms with Crippen molar-refractivity contribution in [2.75, 3.05) is 20.2 Å². The van der Waals surface area contributed by atoms with Crippen LogP contribution in [-0.4, -0.2) is 38.1 Å². The summed E-state index contributed by atoms with van der Waals surface area (Å²) in [4.78, 5) is 23.9. The molecule has 0 aliphatic heterocycles. The number of aldehydes is 1. The zero-order chi connectivity index (χ0) is 18.6. The number of nitrogens with one attached hydrogen (secondary N) is 1. The molecule has 0 aliphatic rings. The first-order valence-corrected chi connectivity index (χ1v) is 7.72. The lowest BCUT2D eigenvalue weighted by Gasteiger charge is -2.19. The van der Waals surface area contributed by atoms with Crippen molar-refractivity contribution in [3.05, 3.63) is 0 Å². The van der Waals surface area contributed by atoms with E-state index in [4.69, 9.17) is 15.4 Å². The summed E-state index contributed by atoms with van der Waals surface area (Å²) >= 11 is 0. The molecule has 0 atom stereocenters. The number of hydrogen-bond donors (Lipinski definition) is 2. The van der Waals surface area contributed by atoms with Crippen LogP contribution in [0.15, 0.2) is 0 Å². The molecule has 0 unspecified atom stereocenters. The Kier molecular flexibility index (Phi) is 29.5. The van der Waals surface area contributed by atoms with Crippen molar-refractivity contribution in [2.24, 2.45) is 11.8 Å². The molecular weight excluding hydrogens is 284 g/mol. The summed E-state index contributed by atoms with van der Waals surface area (Å²) in [6, 6.07) is 0. The quantitative estimate of drug-likeness (QED) is 0.459. The Bertz CT molecular complexity index is 227. The van der Waals surface area contributed by atoms with Gasteiger partial charge in [0, 0.05) is 0 Å². The van der Waals surface area contributed by atoms with Crippen molar-refractivity contribution in [2.45, 2.75) is 67.4 Å². The summed E-state index contributed by atoms with van der Waals surface area (Å²) in [6.45, 7) is 16.6. The van der Waals surface area contributed by atoms with Gasteiger partial charge in [-0.05, 0) is 47.2 Å². The Morgan fingerprint density at radius 3 is 1.86 bits per heavy atom. The molecule has 0 aromatic rings. The van der Waals surface area contributed by atoms with Crippen LogP contribution in [0.25, 0.3) is 0 Å². The van der Waals surface area contributed by atoms with Crippen molar-refractivity contribution in [3.63, 3.8) is 0 Å². The molecule has 22 heavy (non-hydrogen) atoms. The zero-order valence-electron chi connectivity index (χ0n) is 16.0. The molecule has 0 rings (SSSR count). The zero-order valence-corrected chi connectivity index (χ0v) is 16.0. The Labute approximate surface area is 137 Å². The summed E-state index contributed by atoms with van der Waals surface area (Å²) in [7, 11) is 1.97. The number of carbonyl (C=O) groups is 2. The first-order chi connectivity index (χ1) is 10.1. The molecule has 0 amide bonds. The molecule has 3 N–H and O–H groups in total. The van der Waals surface area contributed by atoms with Gasteiger partial charge in [0.15, 0.2) is 0 Å². The van der Waals surface area contributed by atoms with Crippen LogP contribution in [0.1, 0.15) is 61.8 Å². The van der Waals surface area contributed by atoms with E-state index in [2.05, 4.69) is 24.0 Å². The largest absolute Gasteiger partial charge is 0.460 e. The fourth-order valence-corrected chi connectivity index (χ4v) is 0.943. The molecule has 136 valence electrons. The standard InChI is InChI=1S/C7H15NO3.C5H13N.C2H4O.C2H6/c1-7(2,3)11-6(9)4-5-10-8;1-5(2)4-6-3;1-2-3;1-2/h4-5,8H2,1-3H3;5-6H,4H2,1-3H3;2H,1H3;1-2H3. The van der Waals surface area contributed by atoms with E-state index < -0.39 is 5.60 Å². The second kappa shape index (κ2) is 22.3. The molecule has 0 saturated carbocycles. The van der Waals surface area contributed by atoms with Crippen LogP contribution in [0.4, 0.5) is 0 Å². The van der Waals surface area contributed by atoms with Gasteiger partial charge in [-0.1, -0.05) is 27.7 Å². The van der Waals surface area contributed by atoms with Gasteiger partial charge >= 0.3 is 5.97 Å². The van der Waals surface area contributed by atoms with E-state index >= 15 is 0 Å². The van der Waals surface area contributed by atoms with Crippen LogP contribution in [0.5, 0.6) is 0 Å². The lowest BCUT2D eigenvalue weighted by molar-refractivity contribution is -0.156. The third-order valence-electron chi connectivity index (χ3n) is 1.46. The minimum Gasteiger partial charge on any atom is -0.460 e. The topological polar surface area (TPSA) is 90.7 Å². The van der Waals surface area contributed by atoms with Gasteiger partial charge in [0.2, 0.25) is 0 Å². The van der Waals surface area contributed by atoms with Crippen LogP contribution in [0.2, 0.25) is 0 Å². The van der Waals surface area contributed by atoms with E-state index in [1.807, 2.05) is 41.7 Å². The van der Waals surface area contributed by atoms with Gasteiger partial charge < -0.3 is 19.7 Å². The van der Waals surface area contributed by atoms with E-state index in [1.165, 1.54) is 6.92 Å². The summed E-state index contributed by atoms with van der Waals surface area (Å²) in [6.07, 6.45) is 0.952. The van der Waals surface area contributed by atoms with E-state index in [0.29, 0.717) is 0 Å². The van der Waals surface area contributed by atoms with Crippen LogP contribution < -0.4 is 11.2 Å². The highest BCUT2D eigenvalue weighted by molar-refractivity contribution is 5.69. The van der Waals surface area contributed by atoms with Crippen molar-refractivity contribution in [1.82, 2.24) is 5.32 Å². The van der Waals surface area contributed by atoms with E-state index in [9.17, 15) is 4.79 Å². The first kappa shape index (κ1) is 29.1. The highest BCUT2D eigenvalue weighted by Gasteiger charge is 2.15. The minimum absolute atomic E-state index is 0.202. The first-order valence-electron chi connectivity index (χ1n) is 7.72. The molecule has 0 fully saturated rings.